The molecule has 0 spiro atoms. The SMILES string of the molecule is CN(CCC(=O)NC1CC1)c1ccccc1. The number of para-hydroxylation sites is 1. The fourth-order valence-corrected chi connectivity index (χ4v) is 1.61. The molecule has 0 atom stereocenters. The average molecular weight is 218 g/mol. The van der Waals surface area contributed by atoms with Crippen molar-refractivity contribution in [3.63, 3.8) is 0 Å². The highest BCUT2D eigenvalue weighted by molar-refractivity contribution is 5.77. The number of benzene rings is 1. The van der Waals surface area contributed by atoms with E-state index in [1.165, 1.54) is 0 Å². The summed E-state index contributed by atoms with van der Waals surface area (Å²) >= 11 is 0. The first-order valence-electron chi connectivity index (χ1n) is 5.81. The smallest absolute Gasteiger partial charge is 0.221 e. The summed E-state index contributed by atoms with van der Waals surface area (Å²) in [4.78, 5) is 13.6. The highest BCUT2D eigenvalue weighted by Crippen LogP contribution is 2.18. The molecule has 1 aliphatic carbocycles. The van der Waals surface area contributed by atoms with E-state index in [-0.39, 0.29) is 5.91 Å². The average Bonchev–Trinajstić information content (AvgIpc) is 3.11. The van der Waals surface area contributed by atoms with Gasteiger partial charge >= 0.3 is 0 Å². The van der Waals surface area contributed by atoms with Crippen LogP contribution < -0.4 is 10.2 Å². The minimum absolute atomic E-state index is 0.172. The van der Waals surface area contributed by atoms with Crippen molar-refractivity contribution in [1.29, 1.82) is 0 Å². The Labute approximate surface area is 96.5 Å². The van der Waals surface area contributed by atoms with Crippen LogP contribution in [-0.2, 0) is 4.79 Å². The van der Waals surface area contributed by atoms with E-state index in [0.29, 0.717) is 12.5 Å². The maximum absolute atomic E-state index is 11.5. The molecular weight excluding hydrogens is 200 g/mol. The zero-order chi connectivity index (χ0) is 11.4. The quantitative estimate of drug-likeness (QED) is 0.817. The maximum Gasteiger partial charge on any atom is 0.221 e. The van der Waals surface area contributed by atoms with Gasteiger partial charge in [-0.3, -0.25) is 4.79 Å². The van der Waals surface area contributed by atoms with Crippen molar-refractivity contribution >= 4 is 11.6 Å². The molecule has 0 bridgehead atoms. The van der Waals surface area contributed by atoms with Gasteiger partial charge in [-0.1, -0.05) is 18.2 Å². The third-order valence-corrected chi connectivity index (χ3v) is 2.81. The first-order chi connectivity index (χ1) is 7.75. The van der Waals surface area contributed by atoms with Crippen LogP contribution in [0.15, 0.2) is 30.3 Å². The zero-order valence-corrected chi connectivity index (χ0v) is 9.65. The third-order valence-electron chi connectivity index (χ3n) is 2.81. The Bertz CT molecular complexity index is 346. The topological polar surface area (TPSA) is 32.3 Å². The number of nitrogens with zero attached hydrogens (tertiary/aromatic N) is 1. The fraction of sp³-hybridized carbons (Fsp3) is 0.462. The molecule has 2 rings (SSSR count). The summed E-state index contributed by atoms with van der Waals surface area (Å²) < 4.78 is 0. The summed E-state index contributed by atoms with van der Waals surface area (Å²) in [5.41, 5.74) is 1.15. The molecule has 0 aromatic heterocycles. The Balaban J connectivity index is 1.74. The van der Waals surface area contributed by atoms with Crippen LogP contribution in [0, 0.1) is 0 Å². The van der Waals surface area contributed by atoms with E-state index in [0.717, 1.165) is 25.1 Å². The lowest BCUT2D eigenvalue weighted by atomic mass is 10.3. The molecule has 1 amide bonds. The Kier molecular flexibility index (Phi) is 3.44. The van der Waals surface area contributed by atoms with Crippen LogP contribution in [0.5, 0.6) is 0 Å². The number of amides is 1. The van der Waals surface area contributed by atoms with E-state index in [4.69, 9.17) is 0 Å². The van der Waals surface area contributed by atoms with E-state index >= 15 is 0 Å². The standard InChI is InChI=1S/C13H18N2O/c1-15(12-5-3-2-4-6-12)10-9-13(16)14-11-7-8-11/h2-6,11H,7-10H2,1H3,(H,14,16). The molecule has 1 fully saturated rings. The molecule has 3 heteroatoms. The second-order valence-corrected chi connectivity index (χ2v) is 4.35. The van der Waals surface area contributed by atoms with E-state index in [9.17, 15) is 4.79 Å². The second-order valence-electron chi connectivity index (χ2n) is 4.35. The van der Waals surface area contributed by atoms with Crippen LogP contribution in [-0.4, -0.2) is 25.5 Å². The molecular formula is C13H18N2O. The number of rotatable bonds is 5. The predicted octanol–water partition coefficient (Wildman–Crippen LogP) is 1.79. The minimum atomic E-state index is 0.172. The first kappa shape index (κ1) is 11.0. The molecule has 3 nitrogen and oxygen atoms in total. The fourth-order valence-electron chi connectivity index (χ4n) is 1.61. The van der Waals surface area contributed by atoms with Crippen molar-refractivity contribution in [2.75, 3.05) is 18.5 Å². The molecule has 0 unspecified atom stereocenters. The lowest BCUT2D eigenvalue weighted by Crippen LogP contribution is -2.30. The van der Waals surface area contributed by atoms with E-state index in [1.54, 1.807) is 0 Å². The number of carbonyl (C=O) groups excluding carboxylic acids is 1. The normalized spacial score (nSPS) is 14.6. The van der Waals surface area contributed by atoms with Crippen LogP contribution in [0.4, 0.5) is 5.69 Å². The third kappa shape index (κ3) is 3.26. The highest BCUT2D eigenvalue weighted by Gasteiger charge is 2.22. The lowest BCUT2D eigenvalue weighted by Gasteiger charge is -2.18. The Morgan fingerprint density at radius 2 is 2.06 bits per heavy atom. The monoisotopic (exact) mass is 218 g/mol. The molecule has 1 aromatic rings. The second kappa shape index (κ2) is 5.01. The van der Waals surface area contributed by atoms with Crippen molar-refractivity contribution in [1.82, 2.24) is 5.32 Å². The summed E-state index contributed by atoms with van der Waals surface area (Å²) in [6.07, 6.45) is 2.88. The van der Waals surface area contributed by atoms with Crippen molar-refractivity contribution in [3.8, 4) is 0 Å². The number of anilines is 1. The number of hydrogen-bond donors (Lipinski definition) is 1. The van der Waals surface area contributed by atoms with Crippen LogP contribution in [0.25, 0.3) is 0 Å². The van der Waals surface area contributed by atoms with E-state index < -0.39 is 0 Å². The van der Waals surface area contributed by atoms with Crippen molar-refractivity contribution in [3.05, 3.63) is 30.3 Å². The summed E-state index contributed by atoms with van der Waals surface area (Å²) in [5.74, 6) is 0.172. The van der Waals surface area contributed by atoms with Gasteiger partial charge in [-0.2, -0.15) is 0 Å². The molecule has 0 heterocycles. The Morgan fingerprint density at radius 3 is 2.69 bits per heavy atom. The summed E-state index contributed by atoms with van der Waals surface area (Å²) in [6.45, 7) is 0.766. The Hall–Kier alpha value is -1.51. The van der Waals surface area contributed by atoms with E-state index in [2.05, 4.69) is 22.3 Å². The molecule has 1 aliphatic rings. The molecule has 0 saturated heterocycles. The van der Waals surface area contributed by atoms with Crippen LogP contribution in [0.3, 0.4) is 0 Å². The largest absolute Gasteiger partial charge is 0.374 e. The van der Waals surface area contributed by atoms with Crippen LogP contribution in [0.1, 0.15) is 19.3 Å². The molecule has 1 N–H and O–H groups in total. The van der Waals surface area contributed by atoms with Gasteiger partial charge in [-0.15, -0.1) is 0 Å². The molecule has 0 radical (unpaired) electrons. The van der Waals surface area contributed by atoms with Crippen molar-refractivity contribution < 1.29 is 4.79 Å². The number of hydrogen-bond acceptors (Lipinski definition) is 2. The van der Waals surface area contributed by atoms with Crippen molar-refractivity contribution in [2.24, 2.45) is 0 Å². The predicted molar refractivity (Wildman–Crippen MR) is 65.5 cm³/mol. The van der Waals surface area contributed by atoms with Gasteiger partial charge in [0.15, 0.2) is 0 Å². The zero-order valence-electron chi connectivity index (χ0n) is 9.65. The van der Waals surface area contributed by atoms with Gasteiger partial charge in [0.25, 0.3) is 0 Å². The number of carbonyl (C=O) groups is 1. The summed E-state index contributed by atoms with van der Waals surface area (Å²) in [6, 6.07) is 10.6. The number of nitrogens with one attached hydrogen (secondary N) is 1. The van der Waals surface area contributed by atoms with E-state index in [1.807, 2.05) is 25.2 Å². The summed E-state index contributed by atoms with van der Waals surface area (Å²) in [7, 11) is 2.01. The van der Waals surface area contributed by atoms with Crippen molar-refractivity contribution in [2.45, 2.75) is 25.3 Å². The highest BCUT2D eigenvalue weighted by atomic mass is 16.1. The Morgan fingerprint density at radius 1 is 1.38 bits per heavy atom. The van der Waals surface area contributed by atoms with Gasteiger partial charge in [-0.25, -0.2) is 0 Å². The minimum Gasteiger partial charge on any atom is -0.374 e. The first-order valence-corrected chi connectivity index (χ1v) is 5.81. The molecule has 0 aliphatic heterocycles. The van der Waals surface area contributed by atoms with Gasteiger partial charge in [0.2, 0.25) is 5.91 Å². The maximum atomic E-state index is 11.5. The van der Waals surface area contributed by atoms with Crippen LogP contribution >= 0.6 is 0 Å². The molecule has 1 saturated carbocycles. The van der Waals surface area contributed by atoms with Crippen LogP contribution in [0.2, 0.25) is 0 Å². The van der Waals surface area contributed by atoms with Gasteiger partial charge in [-0.05, 0) is 25.0 Å². The van der Waals surface area contributed by atoms with Gasteiger partial charge in [0, 0.05) is 31.7 Å². The van der Waals surface area contributed by atoms with Gasteiger partial charge in [0.05, 0.1) is 0 Å². The molecule has 86 valence electrons. The molecule has 1 aromatic carbocycles. The van der Waals surface area contributed by atoms with Gasteiger partial charge in [0.1, 0.15) is 0 Å². The van der Waals surface area contributed by atoms with Gasteiger partial charge < -0.3 is 10.2 Å². The summed E-state index contributed by atoms with van der Waals surface area (Å²) in [5, 5.41) is 3.00. The molecule has 16 heavy (non-hydrogen) atoms. The lowest BCUT2D eigenvalue weighted by molar-refractivity contribution is -0.121.